The number of nitrogens with one attached hydrogen (secondary N) is 1. The van der Waals surface area contributed by atoms with Gasteiger partial charge in [-0.15, -0.1) is 11.3 Å². The minimum atomic E-state index is -1.04. The van der Waals surface area contributed by atoms with Gasteiger partial charge in [-0.2, -0.15) is 0 Å². The number of thiophene rings is 1. The largest absolute Gasteiger partial charge is 0.462 e. The summed E-state index contributed by atoms with van der Waals surface area (Å²) in [7, 11) is 0. The third kappa shape index (κ3) is 5.82. The number of hydrogen-bond donors (Lipinski definition) is 1. The van der Waals surface area contributed by atoms with Gasteiger partial charge in [-0.25, -0.2) is 4.79 Å². The molecule has 0 bridgehead atoms. The van der Waals surface area contributed by atoms with E-state index >= 15 is 0 Å². The zero-order valence-corrected chi connectivity index (χ0v) is 20.5. The predicted octanol–water partition coefficient (Wildman–Crippen LogP) is 5.47. The van der Waals surface area contributed by atoms with Gasteiger partial charge in [-0.1, -0.05) is 36.2 Å². The molecule has 2 unspecified atom stereocenters. The van der Waals surface area contributed by atoms with Crippen LogP contribution >= 0.6 is 34.5 Å². The van der Waals surface area contributed by atoms with Crippen molar-refractivity contribution in [3.8, 4) is 0 Å². The van der Waals surface area contributed by atoms with E-state index in [0.29, 0.717) is 32.1 Å². The van der Waals surface area contributed by atoms with Crippen molar-refractivity contribution in [1.29, 1.82) is 0 Å². The summed E-state index contributed by atoms with van der Waals surface area (Å²) in [5, 5.41) is 3.94. The molecule has 1 amide bonds. The number of halogens is 2. The van der Waals surface area contributed by atoms with E-state index in [1.165, 1.54) is 18.3 Å². The van der Waals surface area contributed by atoms with Crippen molar-refractivity contribution in [2.24, 2.45) is 5.92 Å². The molecule has 1 aliphatic carbocycles. The van der Waals surface area contributed by atoms with Crippen LogP contribution in [-0.4, -0.2) is 30.6 Å². The molecule has 2 atom stereocenters. The van der Waals surface area contributed by atoms with Crippen LogP contribution in [0.2, 0.25) is 10.0 Å². The molecule has 32 heavy (non-hydrogen) atoms. The van der Waals surface area contributed by atoms with Gasteiger partial charge in [0.2, 0.25) is 0 Å². The van der Waals surface area contributed by atoms with E-state index in [9.17, 15) is 14.4 Å². The fourth-order valence-electron chi connectivity index (χ4n) is 3.58. The van der Waals surface area contributed by atoms with E-state index in [1.54, 1.807) is 25.1 Å². The Bertz CT molecular complexity index is 1040. The molecule has 3 rings (SSSR count). The lowest BCUT2D eigenvalue weighted by Crippen LogP contribution is -2.30. The topological polar surface area (TPSA) is 81.7 Å². The molecular formula is C23H25Cl2NO5S. The highest BCUT2D eigenvalue weighted by Gasteiger charge is 2.30. The summed E-state index contributed by atoms with van der Waals surface area (Å²) < 4.78 is 10.5. The van der Waals surface area contributed by atoms with Crippen molar-refractivity contribution in [2.75, 3.05) is 11.9 Å². The molecule has 0 spiro atoms. The molecule has 172 valence electrons. The maximum Gasteiger partial charge on any atom is 0.341 e. The molecule has 6 nitrogen and oxygen atoms in total. The lowest BCUT2D eigenvalue weighted by molar-refractivity contribution is -0.152. The smallest absolute Gasteiger partial charge is 0.341 e. The fourth-order valence-corrected chi connectivity index (χ4v) is 5.30. The van der Waals surface area contributed by atoms with E-state index in [2.05, 4.69) is 12.2 Å². The second-order valence-corrected chi connectivity index (χ2v) is 9.74. The van der Waals surface area contributed by atoms with Crippen molar-refractivity contribution in [2.45, 2.75) is 52.6 Å². The van der Waals surface area contributed by atoms with Crippen LogP contribution in [0.15, 0.2) is 18.2 Å². The van der Waals surface area contributed by atoms with Crippen molar-refractivity contribution in [3.05, 3.63) is 49.8 Å². The summed E-state index contributed by atoms with van der Waals surface area (Å²) in [6.07, 6.45) is 1.51. The SMILES string of the molecule is CCOC(=O)c1c(NC(=O)C(C)OC(=O)Cc2ccc(Cl)c(Cl)c2)sc2c1CCC(C)C2. The zero-order valence-electron chi connectivity index (χ0n) is 18.1. The Morgan fingerprint density at radius 3 is 2.69 bits per heavy atom. The Morgan fingerprint density at radius 2 is 2.00 bits per heavy atom. The normalized spacial score (nSPS) is 16.1. The number of rotatable bonds is 7. The van der Waals surface area contributed by atoms with Gasteiger partial charge in [0.15, 0.2) is 6.10 Å². The van der Waals surface area contributed by atoms with Crippen LogP contribution in [0, 0.1) is 5.92 Å². The monoisotopic (exact) mass is 497 g/mol. The van der Waals surface area contributed by atoms with Crippen molar-refractivity contribution >= 4 is 57.4 Å². The highest BCUT2D eigenvalue weighted by atomic mass is 35.5. The number of carbonyl (C=O) groups excluding carboxylic acids is 3. The van der Waals surface area contributed by atoms with Gasteiger partial charge >= 0.3 is 11.9 Å². The second kappa shape index (κ2) is 10.7. The number of esters is 2. The number of benzene rings is 1. The van der Waals surface area contributed by atoms with Gasteiger partial charge in [0.25, 0.3) is 5.91 Å². The Hall–Kier alpha value is -2.09. The predicted molar refractivity (Wildman–Crippen MR) is 126 cm³/mol. The molecule has 0 saturated carbocycles. The summed E-state index contributed by atoms with van der Waals surface area (Å²) in [6, 6.07) is 4.85. The molecule has 1 N–H and O–H groups in total. The number of ether oxygens (including phenoxy) is 2. The van der Waals surface area contributed by atoms with E-state index in [4.69, 9.17) is 32.7 Å². The summed E-state index contributed by atoms with van der Waals surface area (Å²) in [5.74, 6) is -1.01. The maximum atomic E-state index is 12.7. The average Bonchev–Trinajstić information content (AvgIpc) is 3.07. The van der Waals surface area contributed by atoms with Crippen LogP contribution in [-0.2, 0) is 38.3 Å². The van der Waals surface area contributed by atoms with Gasteiger partial charge in [0.05, 0.1) is 28.6 Å². The first-order chi connectivity index (χ1) is 15.2. The molecule has 1 aliphatic rings. The van der Waals surface area contributed by atoms with Gasteiger partial charge in [-0.05, 0) is 62.3 Å². The Labute approximate surface area is 201 Å². The third-order valence-corrected chi connectivity index (χ3v) is 7.15. The molecule has 1 heterocycles. The molecule has 0 fully saturated rings. The van der Waals surface area contributed by atoms with E-state index in [-0.39, 0.29) is 13.0 Å². The van der Waals surface area contributed by atoms with Crippen molar-refractivity contribution in [3.63, 3.8) is 0 Å². The third-order valence-electron chi connectivity index (χ3n) is 5.24. The molecule has 2 aromatic rings. The first kappa shape index (κ1) is 24.6. The zero-order chi connectivity index (χ0) is 23.4. The lowest BCUT2D eigenvalue weighted by Gasteiger charge is -2.18. The lowest BCUT2D eigenvalue weighted by atomic mass is 9.88. The van der Waals surface area contributed by atoms with Crippen molar-refractivity contribution in [1.82, 2.24) is 0 Å². The number of amides is 1. The van der Waals surface area contributed by atoms with Gasteiger partial charge < -0.3 is 14.8 Å². The van der Waals surface area contributed by atoms with Gasteiger partial charge in [-0.3, -0.25) is 9.59 Å². The molecule has 1 aromatic heterocycles. The second-order valence-electron chi connectivity index (χ2n) is 7.82. The molecule has 1 aromatic carbocycles. The summed E-state index contributed by atoms with van der Waals surface area (Å²) in [4.78, 5) is 38.7. The Kier molecular flexibility index (Phi) is 8.20. The minimum Gasteiger partial charge on any atom is -0.462 e. The van der Waals surface area contributed by atoms with Crippen molar-refractivity contribution < 1.29 is 23.9 Å². The summed E-state index contributed by atoms with van der Waals surface area (Å²) >= 11 is 13.3. The number of anilines is 1. The molecular weight excluding hydrogens is 473 g/mol. The van der Waals surface area contributed by atoms with Crippen LogP contribution in [0.1, 0.15) is 53.6 Å². The molecule has 0 aliphatic heterocycles. The van der Waals surface area contributed by atoms with Crippen LogP contribution < -0.4 is 5.32 Å². The number of carbonyl (C=O) groups is 3. The number of fused-ring (bicyclic) bond motifs is 1. The highest BCUT2D eigenvalue weighted by Crippen LogP contribution is 2.40. The highest BCUT2D eigenvalue weighted by molar-refractivity contribution is 7.17. The van der Waals surface area contributed by atoms with Gasteiger partial charge in [0, 0.05) is 4.88 Å². The van der Waals surface area contributed by atoms with E-state index < -0.39 is 23.9 Å². The van der Waals surface area contributed by atoms with E-state index in [0.717, 1.165) is 29.7 Å². The minimum absolute atomic E-state index is 0.0478. The standard InChI is InChI=1S/C23H25Cl2NO5S/c1-4-30-23(29)20-15-7-5-12(2)9-18(15)32-22(20)26-21(28)13(3)31-19(27)11-14-6-8-16(24)17(25)10-14/h6,8,10,12-13H,4-5,7,9,11H2,1-3H3,(H,26,28). The quantitative estimate of drug-likeness (QED) is 0.512. The van der Waals surface area contributed by atoms with Crippen LogP contribution in [0.5, 0.6) is 0 Å². The molecule has 0 radical (unpaired) electrons. The maximum absolute atomic E-state index is 12.7. The molecule has 9 heteroatoms. The first-order valence-corrected chi connectivity index (χ1v) is 12.0. The van der Waals surface area contributed by atoms with Crippen LogP contribution in [0.25, 0.3) is 0 Å². The first-order valence-electron chi connectivity index (χ1n) is 10.5. The van der Waals surface area contributed by atoms with Crippen LogP contribution in [0.3, 0.4) is 0 Å². The van der Waals surface area contributed by atoms with E-state index in [1.807, 2.05) is 0 Å². The number of hydrogen-bond acceptors (Lipinski definition) is 6. The summed E-state index contributed by atoms with van der Waals surface area (Å²) in [5.41, 5.74) is 1.99. The fraction of sp³-hybridized carbons (Fsp3) is 0.435. The summed E-state index contributed by atoms with van der Waals surface area (Å²) in [6.45, 7) is 5.64. The molecule has 0 saturated heterocycles. The Balaban J connectivity index is 1.69. The Morgan fingerprint density at radius 1 is 1.25 bits per heavy atom. The average molecular weight is 498 g/mol. The van der Waals surface area contributed by atoms with Crippen LogP contribution in [0.4, 0.5) is 5.00 Å². The van der Waals surface area contributed by atoms with Gasteiger partial charge in [0.1, 0.15) is 5.00 Å².